The maximum Gasteiger partial charge on any atom is 0.326 e. The number of amides is 1. The van der Waals surface area contributed by atoms with Crippen LogP contribution in [0.1, 0.15) is 12.1 Å². The van der Waals surface area contributed by atoms with Gasteiger partial charge in [-0.15, -0.1) is 0 Å². The van der Waals surface area contributed by atoms with Gasteiger partial charge in [0.25, 0.3) is 0 Å². The number of carboxylic acids is 1. The Kier molecular flexibility index (Phi) is 5.31. The number of rotatable bonds is 7. The van der Waals surface area contributed by atoms with E-state index in [1.807, 2.05) is 19.0 Å². The number of carbonyl (C=O) groups is 2. The van der Waals surface area contributed by atoms with Crippen molar-refractivity contribution >= 4 is 11.9 Å². The van der Waals surface area contributed by atoms with Crippen molar-refractivity contribution < 1.29 is 14.7 Å². The Morgan fingerprint density at radius 2 is 2.28 bits per heavy atom. The molecule has 100 valence electrons. The second-order valence-electron chi connectivity index (χ2n) is 4.29. The number of aliphatic carboxylic acids is 1. The van der Waals surface area contributed by atoms with E-state index in [0.29, 0.717) is 12.2 Å². The van der Waals surface area contributed by atoms with Crippen molar-refractivity contribution in [1.82, 2.24) is 20.2 Å². The van der Waals surface area contributed by atoms with Gasteiger partial charge >= 0.3 is 5.97 Å². The number of carbonyl (C=O) groups excluding carboxylic acids is 1. The largest absolute Gasteiger partial charge is 0.480 e. The zero-order valence-electron chi connectivity index (χ0n) is 10.5. The summed E-state index contributed by atoms with van der Waals surface area (Å²) in [6, 6.07) is -0.930. The molecule has 0 saturated carbocycles. The Balaban J connectivity index is 2.48. The van der Waals surface area contributed by atoms with E-state index in [0.717, 1.165) is 0 Å². The molecule has 1 atom stereocenters. The Bertz CT molecular complexity index is 389. The van der Waals surface area contributed by atoms with Gasteiger partial charge in [-0.25, -0.2) is 9.78 Å². The highest BCUT2D eigenvalue weighted by molar-refractivity contribution is 5.83. The first-order valence-corrected chi connectivity index (χ1v) is 5.63. The molecule has 1 aromatic rings. The lowest BCUT2D eigenvalue weighted by Gasteiger charge is -2.15. The summed E-state index contributed by atoms with van der Waals surface area (Å²) in [6.07, 6.45) is 3.49. The molecule has 0 fully saturated rings. The number of nitrogens with zero attached hydrogens (tertiary/aromatic N) is 2. The molecule has 18 heavy (non-hydrogen) atoms. The molecule has 1 heterocycles. The molecule has 0 bridgehead atoms. The number of aromatic amines is 1. The van der Waals surface area contributed by atoms with E-state index in [1.165, 1.54) is 6.33 Å². The Labute approximate surface area is 105 Å². The molecule has 7 heteroatoms. The molecule has 0 spiro atoms. The predicted molar refractivity (Wildman–Crippen MR) is 65.0 cm³/mol. The third kappa shape index (κ3) is 4.96. The number of hydrogen-bond acceptors (Lipinski definition) is 4. The summed E-state index contributed by atoms with van der Waals surface area (Å²) in [5, 5.41) is 11.5. The van der Waals surface area contributed by atoms with Crippen LogP contribution in [0, 0.1) is 0 Å². The van der Waals surface area contributed by atoms with Crippen molar-refractivity contribution in [1.29, 1.82) is 0 Å². The van der Waals surface area contributed by atoms with Gasteiger partial charge in [-0.1, -0.05) is 0 Å². The van der Waals surface area contributed by atoms with Gasteiger partial charge in [0.05, 0.1) is 6.33 Å². The minimum atomic E-state index is -1.05. The molecule has 0 radical (unpaired) electrons. The van der Waals surface area contributed by atoms with Gasteiger partial charge in [0, 0.05) is 31.3 Å². The van der Waals surface area contributed by atoms with E-state index in [9.17, 15) is 9.59 Å². The average molecular weight is 254 g/mol. The SMILES string of the molecule is CN(C)CCC(=O)N[C@H](Cc1cnc[nH]1)C(=O)O. The fourth-order valence-electron chi connectivity index (χ4n) is 1.41. The Hall–Kier alpha value is -1.89. The molecule has 0 aliphatic heterocycles. The van der Waals surface area contributed by atoms with Crippen LogP contribution in [0.2, 0.25) is 0 Å². The summed E-state index contributed by atoms with van der Waals surface area (Å²) >= 11 is 0. The molecular weight excluding hydrogens is 236 g/mol. The fraction of sp³-hybridized carbons (Fsp3) is 0.545. The van der Waals surface area contributed by atoms with E-state index in [1.54, 1.807) is 6.20 Å². The molecule has 1 amide bonds. The zero-order valence-corrected chi connectivity index (χ0v) is 10.5. The van der Waals surface area contributed by atoms with Gasteiger partial charge in [-0.05, 0) is 14.1 Å². The molecule has 1 rings (SSSR count). The van der Waals surface area contributed by atoms with E-state index < -0.39 is 12.0 Å². The molecule has 0 aliphatic carbocycles. The van der Waals surface area contributed by atoms with Crippen LogP contribution in [0.3, 0.4) is 0 Å². The molecule has 7 nitrogen and oxygen atoms in total. The van der Waals surface area contributed by atoms with Crippen LogP contribution in [0.25, 0.3) is 0 Å². The topological polar surface area (TPSA) is 98.3 Å². The summed E-state index contributed by atoms with van der Waals surface area (Å²) in [7, 11) is 3.71. The summed E-state index contributed by atoms with van der Waals surface area (Å²) in [5.41, 5.74) is 0.676. The number of nitrogens with one attached hydrogen (secondary N) is 2. The van der Waals surface area contributed by atoms with Crippen LogP contribution in [-0.2, 0) is 16.0 Å². The molecule has 1 aromatic heterocycles. The van der Waals surface area contributed by atoms with Gasteiger partial charge in [-0.2, -0.15) is 0 Å². The van der Waals surface area contributed by atoms with Crippen molar-refractivity contribution in [3.05, 3.63) is 18.2 Å². The molecule has 0 saturated heterocycles. The number of hydrogen-bond donors (Lipinski definition) is 3. The average Bonchev–Trinajstić information content (AvgIpc) is 2.78. The zero-order chi connectivity index (χ0) is 13.5. The lowest BCUT2D eigenvalue weighted by Crippen LogP contribution is -2.43. The van der Waals surface area contributed by atoms with Crippen LogP contribution < -0.4 is 5.32 Å². The third-order valence-electron chi connectivity index (χ3n) is 2.40. The van der Waals surface area contributed by atoms with Crippen LogP contribution in [0.15, 0.2) is 12.5 Å². The van der Waals surface area contributed by atoms with Crippen molar-refractivity contribution in [2.24, 2.45) is 0 Å². The first kappa shape index (κ1) is 14.2. The minimum Gasteiger partial charge on any atom is -0.480 e. The lowest BCUT2D eigenvalue weighted by molar-refractivity contribution is -0.141. The summed E-state index contributed by atoms with van der Waals surface area (Å²) in [6.45, 7) is 0.586. The smallest absolute Gasteiger partial charge is 0.326 e. The summed E-state index contributed by atoms with van der Waals surface area (Å²) in [4.78, 5) is 31.1. The standard InChI is InChI=1S/C11H18N4O3/c1-15(2)4-3-10(16)14-9(11(17)18)5-8-6-12-7-13-8/h6-7,9H,3-5H2,1-2H3,(H,12,13)(H,14,16)(H,17,18)/t9-/m1/s1. The van der Waals surface area contributed by atoms with Gasteiger partial charge in [0.1, 0.15) is 6.04 Å². The van der Waals surface area contributed by atoms with Gasteiger partial charge in [0.15, 0.2) is 0 Å². The van der Waals surface area contributed by atoms with E-state index in [-0.39, 0.29) is 18.7 Å². The van der Waals surface area contributed by atoms with Crippen LogP contribution in [0.4, 0.5) is 0 Å². The summed E-state index contributed by atoms with van der Waals surface area (Å²) < 4.78 is 0. The van der Waals surface area contributed by atoms with Crippen LogP contribution >= 0.6 is 0 Å². The van der Waals surface area contributed by atoms with E-state index in [2.05, 4.69) is 15.3 Å². The Morgan fingerprint density at radius 1 is 1.56 bits per heavy atom. The highest BCUT2D eigenvalue weighted by atomic mass is 16.4. The van der Waals surface area contributed by atoms with Crippen LogP contribution in [0.5, 0.6) is 0 Å². The highest BCUT2D eigenvalue weighted by Crippen LogP contribution is 1.99. The van der Waals surface area contributed by atoms with Crippen molar-refractivity contribution in [3.63, 3.8) is 0 Å². The van der Waals surface area contributed by atoms with Crippen molar-refractivity contribution in [3.8, 4) is 0 Å². The molecule has 0 aliphatic rings. The molecule has 0 unspecified atom stereocenters. The van der Waals surface area contributed by atoms with Crippen molar-refractivity contribution in [2.45, 2.75) is 18.9 Å². The second kappa shape index (κ2) is 6.75. The van der Waals surface area contributed by atoms with Gasteiger partial charge in [0.2, 0.25) is 5.91 Å². The van der Waals surface area contributed by atoms with Crippen molar-refractivity contribution in [2.75, 3.05) is 20.6 Å². The molecule has 3 N–H and O–H groups in total. The highest BCUT2D eigenvalue weighted by Gasteiger charge is 2.20. The second-order valence-corrected chi connectivity index (χ2v) is 4.29. The number of aromatic nitrogens is 2. The quantitative estimate of drug-likeness (QED) is 0.608. The predicted octanol–water partition coefficient (Wildman–Crippen LogP) is -0.527. The first-order valence-electron chi connectivity index (χ1n) is 5.63. The molecular formula is C11H18N4O3. The maximum atomic E-state index is 11.6. The number of H-pyrrole nitrogens is 1. The van der Waals surface area contributed by atoms with Crippen LogP contribution in [-0.4, -0.2) is 58.5 Å². The molecule has 0 aromatic carbocycles. The summed E-state index contributed by atoms with van der Waals surface area (Å²) in [5.74, 6) is -1.32. The van der Waals surface area contributed by atoms with E-state index >= 15 is 0 Å². The van der Waals surface area contributed by atoms with E-state index in [4.69, 9.17) is 5.11 Å². The number of carboxylic acid groups (broad SMARTS) is 1. The lowest BCUT2D eigenvalue weighted by atomic mass is 10.1. The normalized spacial score (nSPS) is 12.4. The minimum absolute atomic E-state index is 0.197. The first-order chi connectivity index (χ1) is 8.49. The Morgan fingerprint density at radius 3 is 2.78 bits per heavy atom. The third-order valence-corrected chi connectivity index (χ3v) is 2.40. The fourth-order valence-corrected chi connectivity index (χ4v) is 1.41. The number of imidazole rings is 1. The maximum absolute atomic E-state index is 11.6. The van der Waals surface area contributed by atoms with Gasteiger partial charge < -0.3 is 20.3 Å². The monoisotopic (exact) mass is 254 g/mol. The van der Waals surface area contributed by atoms with Gasteiger partial charge in [-0.3, -0.25) is 4.79 Å².